The zero-order valence-corrected chi connectivity index (χ0v) is 43.5. The summed E-state index contributed by atoms with van der Waals surface area (Å²) in [5, 5.41) is 23.1. The van der Waals surface area contributed by atoms with Crippen LogP contribution in [0.3, 0.4) is 0 Å². The number of nitrogens with one attached hydrogen (secondary N) is 1. The molecule has 0 bridgehead atoms. The van der Waals surface area contributed by atoms with Crippen LogP contribution in [0, 0.1) is 0 Å². The van der Waals surface area contributed by atoms with E-state index >= 15 is 0 Å². The molecule has 0 fully saturated rings. The quantitative estimate of drug-likeness (QED) is 0.0321. The first-order valence-corrected chi connectivity index (χ1v) is 28.7. The number of unbranched alkanes of at least 4 members (excludes halogenated alkanes) is 36. The summed E-state index contributed by atoms with van der Waals surface area (Å²) >= 11 is 0. The summed E-state index contributed by atoms with van der Waals surface area (Å²) in [4.78, 5) is 24.4. The molecular weight excluding hydrogens is 803 g/mol. The molecule has 0 aliphatic rings. The molecule has 0 heterocycles. The number of allylic oxidation sites excluding steroid dienone is 6. The molecule has 0 aliphatic heterocycles. The Kier molecular flexibility index (Phi) is 53.1. The Labute approximate surface area is 404 Å². The summed E-state index contributed by atoms with van der Waals surface area (Å²) in [5.41, 5.74) is 0. The van der Waals surface area contributed by atoms with Gasteiger partial charge in [-0.25, -0.2) is 0 Å². The van der Waals surface area contributed by atoms with Gasteiger partial charge in [0.05, 0.1) is 25.4 Å². The first kappa shape index (κ1) is 63.1. The molecule has 382 valence electrons. The monoisotopic (exact) mass is 914 g/mol. The Morgan fingerprint density at radius 1 is 0.431 bits per heavy atom. The number of esters is 1. The van der Waals surface area contributed by atoms with Gasteiger partial charge in [0.15, 0.2) is 0 Å². The fraction of sp³-hybridized carbons (Fsp3) is 0.864. The molecule has 2 unspecified atom stereocenters. The highest BCUT2D eigenvalue weighted by Crippen LogP contribution is 2.16. The van der Waals surface area contributed by atoms with Crippen LogP contribution in [0.5, 0.6) is 0 Å². The molecule has 0 aromatic rings. The Hall–Kier alpha value is -1.92. The maximum atomic E-state index is 12.4. The van der Waals surface area contributed by atoms with E-state index in [4.69, 9.17) is 4.74 Å². The number of aliphatic hydroxyl groups is 2. The summed E-state index contributed by atoms with van der Waals surface area (Å²) in [6, 6.07) is -0.547. The highest BCUT2D eigenvalue weighted by Gasteiger charge is 2.20. The maximum Gasteiger partial charge on any atom is 0.305 e. The van der Waals surface area contributed by atoms with Gasteiger partial charge in [-0.15, -0.1) is 0 Å². The number of rotatable bonds is 53. The van der Waals surface area contributed by atoms with Crippen molar-refractivity contribution in [3.63, 3.8) is 0 Å². The topological polar surface area (TPSA) is 95.9 Å². The zero-order chi connectivity index (χ0) is 47.2. The molecule has 0 aromatic heterocycles. The Balaban J connectivity index is 3.43. The molecule has 65 heavy (non-hydrogen) atoms. The Morgan fingerprint density at radius 3 is 1.18 bits per heavy atom. The van der Waals surface area contributed by atoms with E-state index in [0.717, 1.165) is 57.8 Å². The molecule has 0 saturated carbocycles. The third-order valence-electron chi connectivity index (χ3n) is 13.2. The van der Waals surface area contributed by atoms with E-state index in [9.17, 15) is 19.8 Å². The van der Waals surface area contributed by atoms with Crippen molar-refractivity contribution in [3.05, 3.63) is 36.5 Å². The smallest absolute Gasteiger partial charge is 0.305 e. The third kappa shape index (κ3) is 51.3. The molecule has 2 atom stereocenters. The number of hydrogen-bond acceptors (Lipinski definition) is 5. The first-order valence-electron chi connectivity index (χ1n) is 28.7. The second-order valence-electron chi connectivity index (χ2n) is 19.6. The largest absolute Gasteiger partial charge is 0.466 e. The van der Waals surface area contributed by atoms with Crippen LogP contribution in [0.15, 0.2) is 36.5 Å². The molecule has 3 N–H and O–H groups in total. The summed E-state index contributed by atoms with van der Waals surface area (Å²) in [6.07, 6.45) is 67.1. The van der Waals surface area contributed by atoms with Gasteiger partial charge in [-0.2, -0.15) is 0 Å². The highest BCUT2D eigenvalue weighted by atomic mass is 16.5. The molecule has 6 nitrogen and oxygen atoms in total. The summed E-state index contributed by atoms with van der Waals surface area (Å²) in [7, 11) is 0. The molecule has 0 saturated heterocycles. The van der Waals surface area contributed by atoms with Crippen LogP contribution in [0.25, 0.3) is 0 Å². The van der Waals surface area contributed by atoms with Crippen LogP contribution in [0.4, 0.5) is 0 Å². The lowest BCUT2D eigenvalue weighted by molar-refractivity contribution is -0.143. The van der Waals surface area contributed by atoms with Crippen molar-refractivity contribution < 1.29 is 24.5 Å². The number of aliphatic hydroxyl groups excluding tert-OH is 2. The second-order valence-corrected chi connectivity index (χ2v) is 19.6. The van der Waals surface area contributed by atoms with Crippen molar-refractivity contribution in [2.24, 2.45) is 0 Å². The minimum atomic E-state index is -0.669. The summed E-state index contributed by atoms with van der Waals surface area (Å²) in [6.45, 7) is 4.92. The average molecular weight is 915 g/mol. The van der Waals surface area contributed by atoms with E-state index < -0.39 is 12.1 Å². The second kappa shape index (κ2) is 54.7. The number of carbonyl (C=O) groups is 2. The molecule has 0 radical (unpaired) electrons. The average Bonchev–Trinajstić information content (AvgIpc) is 3.31. The number of carbonyl (C=O) groups excluding carboxylic acids is 2. The summed E-state index contributed by atoms with van der Waals surface area (Å²) in [5.74, 6) is -0.0486. The van der Waals surface area contributed by atoms with Crippen LogP contribution in [-0.4, -0.2) is 47.4 Å². The van der Waals surface area contributed by atoms with Crippen LogP contribution < -0.4 is 5.32 Å². The van der Waals surface area contributed by atoms with Gasteiger partial charge in [-0.05, 0) is 83.5 Å². The minimum Gasteiger partial charge on any atom is -0.466 e. The number of amides is 1. The first-order chi connectivity index (χ1) is 32.0. The minimum absolute atomic E-state index is 0.00123. The molecule has 1 amide bonds. The molecule has 0 aromatic carbocycles. The predicted octanol–water partition coefficient (Wildman–Crippen LogP) is 17.6. The van der Waals surface area contributed by atoms with E-state index in [-0.39, 0.29) is 18.5 Å². The predicted molar refractivity (Wildman–Crippen MR) is 283 cm³/mol. The molecule has 6 heteroatoms. The number of ether oxygens (including phenoxy) is 1. The van der Waals surface area contributed by atoms with Crippen LogP contribution >= 0.6 is 0 Å². The lowest BCUT2D eigenvalue weighted by Gasteiger charge is -2.22. The molecule has 0 spiro atoms. The van der Waals surface area contributed by atoms with Gasteiger partial charge in [0, 0.05) is 12.8 Å². The lowest BCUT2D eigenvalue weighted by Crippen LogP contribution is -2.45. The summed E-state index contributed by atoms with van der Waals surface area (Å²) < 4.78 is 5.47. The Morgan fingerprint density at radius 2 is 0.769 bits per heavy atom. The lowest BCUT2D eigenvalue weighted by atomic mass is 10.0. The van der Waals surface area contributed by atoms with E-state index in [2.05, 4.69) is 55.6 Å². The fourth-order valence-corrected chi connectivity index (χ4v) is 8.72. The van der Waals surface area contributed by atoms with Crippen molar-refractivity contribution in [2.75, 3.05) is 13.2 Å². The van der Waals surface area contributed by atoms with Crippen molar-refractivity contribution in [1.82, 2.24) is 5.32 Å². The number of hydrogen-bond donors (Lipinski definition) is 3. The van der Waals surface area contributed by atoms with Crippen LogP contribution in [0.2, 0.25) is 0 Å². The van der Waals surface area contributed by atoms with E-state index in [0.29, 0.717) is 25.9 Å². The van der Waals surface area contributed by atoms with Crippen LogP contribution in [-0.2, 0) is 14.3 Å². The zero-order valence-electron chi connectivity index (χ0n) is 43.5. The van der Waals surface area contributed by atoms with E-state index in [1.807, 2.05) is 0 Å². The van der Waals surface area contributed by atoms with Gasteiger partial charge in [-0.1, -0.05) is 243 Å². The Bertz CT molecular complexity index is 1060. The van der Waals surface area contributed by atoms with Gasteiger partial charge < -0.3 is 20.3 Å². The van der Waals surface area contributed by atoms with E-state index in [1.54, 1.807) is 0 Å². The SMILES string of the molecule is CCCCCCCC/C=C\CCCCCCCC(=O)OCCCCCCCCCCC/C=C\C/C=C\CCCCCCCCCC(=O)NC(CO)C(O)CCCCCCCCCCCC. The van der Waals surface area contributed by atoms with Crippen molar-refractivity contribution in [3.8, 4) is 0 Å². The van der Waals surface area contributed by atoms with Gasteiger partial charge in [0.25, 0.3) is 0 Å². The third-order valence-corrected chi connectivity index (χ3v) is 13.2. The fourth-order valence-electron chi connectivity index (χ4n) is 8.72. The van der Waals surface area contributed by atoms with Gasteiger partial charge in [0.1, 0.15) is 0 Å². The van der Waals surface area contributed by atoms with Crippen molar-refractivity contribution in [2.45, 2.75) is 315 Å². The van der Waals surface area contributed by atoms with Gasteiger partial charge in [0.2, 0.25) is 5.91 Å². The van der Waals surface area contributed by atoms with Crippen molar-refractivity contribution in [1.29, 1.82) is 0 Å². The molecule has 0 aliphatic carbocycles. The maximum absolute atomic E-state index is 12.4. The van der Waals surface area contributed by atoms with Crippen molar-refractivity contribution >= 4 is 11.9 Å². The highest BCUT2D eigenvalue weighted by molar-refractivity contribution is 5.76. The van der Waals surface area contributed by atoms with E-state index in [1.165, 1.54) is 212 Å². The van der Waals surface area contributed by atoms with Crippen LogP contribution in [0.1, 0.15) is 303 Å². The molecule has 0 rings (SSSR count). The molecular formula is C59H111NO5. The van der Waals surface area contributed by atoms with Gasteiger partial charge >= 0.3 is 5.97 Å². The normalized spacial score (nSPS) is 12.9. The standard InChI is InChI=1S/C59H111NO5/c1-3-5-7-9-11-13-15-16-26-30-33-37-41-45-49-53-59(64)65-54-50-46-42-38-34-31-28-25-23-21-19-17-18-20-22-24-27-29-32-36-40-44-48-52-58(63)60-56(55-61)57(62)51-47-43-39-35-14-12-10-8-6-4-2/h16-17,19-20,22,26,56-57,61-62H,3-15,18,21,23-25,27-55H2,1-2H3,(H,60,63)/b19-17-,22-20-,26-16-. The van der Waals surface area contributed by atoms with Gasteiger partial charge in [-0.3, -0.25) is 9.59 Å².